The summed E-state index contributed by atoms with van der Waals surface area (Å²) >= 11 is 3.54. The van der Waals surface area contributed by atoms with Crippen LogP contribution in [0.4, 0.5) is 0 Å². The van der Waals surface area contributed by atoms with Crippen LogP contribution in [0.25, 0.3) is 0 Å². The van der Waals surface area contributed by atoms with Crippen LogP contribution in [0.1, 0.15) is 45.1 Å². The third kappa shape index (κ3) is 4.44. The van der Waals surface area contributed by atoms with Gasteiger partial charge in [-0.3, -0.25) is 11.3 Å². The zero-order valence-corrected chi connectivity index (χ0v) is 14.9. The van der Waals surface area contributed by atoms with Gasteiger partial charge in [-0.15, -0.1) is 0 Å². The maximum Gasteiger partial charge on any atom is 0.122 e. The molecule has 0 radical (unpaired) electrons. The molecule has 1 saturated carbocycles. The minimum absolute atomic E-state index is 0.310. The molecular formula is C17H27BrN2O. The van der Waals surface area contributed by atoms with Gasteiger partial charge in [0.25, 0.3) is 0 Å². The van der Waals surface area contributed by atoms with Crippen LogP contribution in [-0.2, 0) is 6.42 Å². The van der Waals surface area contributed by atoms with Crippen molar-refractivity contribution < 1.29 is 4.74 Å². The predicted molar refractivity (Wildman–Crippen MR) is 91.2 cm³/mol. The van der Waals surface area contributed by atoms with Crippen molar-refractivity contribution in [1.29, 1.82) is 0 Å². The Bertz CT molecular complexity index is 466. The predicted octanol–water partition coefficient (Wildman–Crippen LogP) is 4.05. The van der Waals surface area contributed by atoms with Crippen LogP contribution in [0.3, 0.4) is 0 Å². The Morgan fingerprint density at radius 2 is 2.05 bits per heavy atom. The number of benzene rings is 1. The monoisotopic (exact) mass is 354 g/mol. The molecule has 0 spiro atoms. The molecule has 0 bridgehead atoms. The van der Waals surface area contributed by atoms with E-state index in [-0.39, 0.29) is 0 Å². The van der Waals surface area contributed by atoms with Crippen LogP contribution in [0.5, 0.6) is 5.75 Å². The smallest absolute Gasteiger partial charge is 0.122 e. The van der Waals surface area contributed by atoms with Gasteiger partial charge in [-0.05, 0) is 67.2 Å². The lowest BCUT2D eigenvalue weighted by molar-refractivity contribution is 0.160. The topological polar surface area (TPSA) is 47.3 Å². The summed E-state index contributed by atoms with van der Waals surface area (Å²) in [6.07, 6.45) is 5.97. The molecule has 2 rings (SSSR count). The maximum atomic E-state index is 5.85. The van der Waals surface area contributed by atoms with E-state index >= 15 is 0 Å². The van der Waals surface area contributed by atoms with Crippen molar-refractivity contribution in [2.75, 3.05) is 7.11 Å². The van der Waals surface area contributed by atoms with E-state index in [2.05, 4.69) is 41.3 Å². The first-order valence-corrected chi connectivity index (χ1v) is 8.53. The first-order chi connectivity index (χ1) is 9.95. The van der Waals surface area contributed by atoms with Gasteiger partial charge >= 0.3 is 0 Å². The summed E-state index contributed by atoms with van der Waals surface area (Å²) in [4.78, 5) is 0. The molecule has 3 nitrogen and oxygen atoms in total. The number of hydrogen-bond donors (Lipinski definition) is 2. The Hall–Kier alpha value is -0.580. The Labute approximate surface area is 136 Å². The molecule has 0 saturated heterocycles. The molecule has 21 heavy (non-hydrogen) atoms. The third-order valence-corrected chi connectivity index (χ3v) is 5.34. The minimum Gasteiger partial charge on any atom is -0.496 e. The Morgan fingerprint density at radius 1 is 1.38 bits per heavy atom. The molecule has 1 aromatic carbocycles. The lowest BCUT2D eigenvalue weighted by Crippen LogP contribution is -2.44. The van der Waals surface area contributed by atoms with Crippen LogP contribution >= 0.6 is 15.9 Å². The van der Waals surface area contributed by atoms with E-state index in [0.717, 1.165) is 16.6 Å². The van der Waals surface area contributed by atoms with Crippen LogP contribution < -0.4 is 16.0 Å². The normalized spacial score (nSPS) is 20.2. The second kappa shape index (κ2) is 7.12. The summed E-state index contributed by atoms with van der Waals surface area (Å²) in [5.74, 6) is 7.43. The molecule has 0 heterocycles. The van der Waals surface area contributed by atoms with Crippen molar-refractivity contribution >= 4 is 15.9 Å². The van der Waals surface area contributed by atoms with Gasteiger partial charge in [0, 0.05) is 10.5 Å². The van der Waals surface area contributed by atoms with Gasteiger partial charge in [0.05, 0.1) is 7.11 Å². The standard InChI is InChI=1S/C17H27BrN2O/c1-17(2)8-6-12(7-9-17)15(20-19)11-13-10-14(18)4-5-16(13)21-3/h4-5,10,12,15,20H,6-9,11,19H2,1-3H3. The van der Waals surface area contributed by atoms with Crippen LogP contribution in [0.2, 0.25) is 0 Å². The summed E-state index contributed by atoms with van der Waals surface area (Å²) in [5.41, 5.74) is 4.74. The molecule has 3 N–H and O–H groups in total. The van der Waals surface area contributed by atoms with E-state index < -0.39 is 0 Å². The highest BCUT2D eigenvalue weighted by Gasteiger charge is 2.31. The Morgan fingerprint density at radius 3 is 2.62 bits per heavy atom. The average Bonchev–Trinajstić information content (AvgIpc) is 2.45. The average molecular weight is 355 g/mol. The van der Waals surface area contributed by atoms with Crippen LogP contribution in [-0.4, -0.2) is 13.2 Å². The number of methoxy groups -OCH3 is 1. The Kier molecular flexibility index (Phi) is 5.69. The quantitative estimate of drug-likeness (QED) is 0.619. The van der Waals surface area contributed by atoms with E-state index in [9.17, 15) is 0 Å². The maximum absolute atomic E-state index is 5.85. The van der Waals surface area contributed by atoms with E-state index in [1.807, 2.05) is 12.1 Å². The SMILES string of the molecule is COc1ccc(Br)cc1CC(NN)C1CCC(C)(C)CC1. The molecule has 1 aromatic rings. The summed E-state index contributed by atoms with van der Waals surface area (Å²) in [6, 6.07) is 6.47. The second-order valence-electron chi connectivity index (χ2n) is 6.94. The lowest BCUT2D eigenvalue weighted by atomic mass is 9.70. The zero-order valence-electron chi connectivity index (χ0n) is 13.3. The third-order valence-electron chi connectivity index (χ3n) is 4.85. The van der Waals surface area contributed by atoms with E-state index in [4.69, 9.17) is 10.6 Å². The van der Waals surface area contributed by atoms with Gasteiger partial charge in [-0.25, -0.2) is 0 Å². The van der Waals surface area contributed by atoms with Crippen molar-refractivity contribution in [2.45, 2.75) is 52.0 Å². The van der Waals surface area contributed by atoms with E-state index in [1.165, 1.54) is 31.2 Å². The fourth-order valence-corrected chi connectivity index (χ4v) is 3.74. The molecule has 1 fully saturated rings. The second-order valence-corrected chi connectivity index (χ2v) is 7.85. The van der Waals surface area contributed by atoms with Crippen molar-refractivity contribution in [3.63, 3.8) is 0 Å². The van der Waals surface area contributed by atoms with E-state index in [1.54, 1.807) is 7.11 Å². The molecular weight excluding hydrogens is 328 g/mol. The largest absolute Gasteiger partial charge is 0.496 e. The van der Waals surface area contributed by atoms with Crippen molar-refractivity contribution in [2.24, 2.45) is 17.2 Å². The van der Waals surface area contributed by atoms with Gasteiger partial charge < -0.3 is 4.74 Å². The highest BCUT2D eigenvalue weighted by atomic mass is 79.9. The molecule has 1 aliphatic carbocycles. The van der Waals surface area contributed by atoms with Gasteiger partial charge in [0.1, 0.15) is 5.75 Å². The van der Waals surface area contributed by atoms with Gasteiger partial charge in [0.15, 0.2) is 0 Å². The molecule has 1 aliphatic rings. The number of halogens is 1. The summed E-state index contributed by atoms with van der Waals surface area (Å²) in [6.45, 7) is 4.73. The lowest BCUT2D eigenvalue weighted by Gasteiger charge is -2.38. The first kappa shape index (κ1) is 16.8. The summed E-state index contributed by atoms with van der Waals surface area (Å²) < 4.78 is 6.56. The number of nitrogens with two attached hydrogens (primary N) is 1. The molecule has 4 heteroatoms. The number of nitrogens with one attached hydrogen (secondary N) is 1. The molecule has 118 valence electrons. The number of hydrogen-bond acceptors (Lipinski definition) is 3. The first-order valence-electron chi connectivity index (χ1n) is 7.74. The van der Waals surface area contributed by atoms with Gasteiger partial charge in [0.2, 0.25) is 0 Å². The summed E-state index contributed by atoms with van der Waals surface area (Å²) in [7, 11) is 1.72. The number of rotatable bonds is 5. The minimum atomic E-state index is 0.310. The van der Waals surface area contributed by atoms with Crippen molar-refractivity contribution in [3.05, 3.63) is 28.2 Å². The van der Waals surface area contributed by atoms with Gasteiger partial charge in [-0.1, -0.05) is 29.8 Å². The Balaban J connectivity index is 2.07. The van der Waals surface area contributed by atoms with Crippen molar-refractivity contribution in [3.8, 4) is 5.75 Å². The highest BCUT2D eigenvalue weighted by Crippen LogP contribution is 2.40. The number of ether oxygens (including phenoxy) is 1. The van der Waals surface area contributed by atoms with Gasteiger partial charge in [-0.2, -0.15) is 0 Å². The fourth-order valence-electron chi connectivity index (χ4n) is 3.33. The molecule has 1 unspecified atom stereocenters. The molecule has 0 aliphatic heterocycles. The molecule has 1 atom stereocenters. The number of hydrazine groups is 1. The van der Waals surface area contributed by atoms with Crippen LogP contribution in [0, 0.1) is 11.3 Å². The molecule has 0 amide bonds. The fraction of sp³-hybridized carbons (Fsp3) is 0.647. The van der Waals surface area contributed by atoms with Crippen LogP contribution in [0.15, 0.2) is 22.7 Å². The zero-order chi connectivity index (χ0) is 15.5. The summed E-state index contributed by atoms with van der Waals surface area (Å²) in [5, 5.41) is 0. The molecule has 0 aromatic heterocycles. The van der Waals surface area contributed by atoms with E-state index in [0.29, 0.717) is 17.4 Å². The van der Waals surface area contributed by atoms with Crippen molar-refractivity contribution in [1.82, 2.24) is 5.43 Å². The highest BCUT2D eigenvalue weighted by molar-refractivity contribution is 9.10.